The highest BCUT2D eigenvalue weighted by molar-refractivity contribution is 5.71. The summed E-state index contributed by atoms with van der Waals surface area (Å²) in [5, 5.41) is 13.8. The van der Waals surface area contributed by atoms with Gasteiger partial charge in [-0.1, -0.05) is 30.3 Å². The second-order valence-corrected chi connectivity index (χ2v) is 3.44. The van der Waals surface area contributed by atoms with Crippen LogP contribution in [0, 0.1) is 10.1 Å². The van der Waals surface area contributed by atoms with Crippen molar-refractivity contribution in [1.82, 2.24) is 4.98 Å². The molecule has 0 unspecified atom stereocenters. The van der Waals surface area contributed by atoms with Crippen LogP contribution in [0.5, 0.6) is 0 Å². The number of nitrogens with zero attached hydrogens (tertiary/aromatic N) is 2. The fourth-order valence-corrected chi connectivity index (χ4v) is 1.55. The zero-order valence-corrected chi connectivity index (χ0v) is 9.25. The first-order valence-electron chi connectivity index (χ1n) is 5.11. The molecule has 0 aliphatic rings. The molecule has 1 aromatic heterocycles. The summed E-state index contributed by atoms with van der Waals surface area (Å²) in [5.41, 5.74) is 1.12. The van der Waals surface area contributed by atoms with Gasteiger partial charge in [0.2, 0.25) is 0 Å². The van der Waals surface area contributed by atoms with E-state index in [2.05, 4.69) is 10.3 Å². The first-order valence-corrected chi connectivity index (χ1v) is 5.11. The molecule has 17 heavy (non-hydrogen) atoms. The molecule has 0 aliphatic heterocycles. The lowest BCUT2D eigenvalue weighted by Gasteiger charge is -2.05. The normalized spacial score (nSPS) is 9.94. The maximum absolute atomic E-state index is 10.9. The molecule has 2 rings (SSSR count). The van der Waals surface area contributed by atoms with Crippen LogP contribution in [0.25, 0.3) is 11.3 Å². The molecule has 0 spiro atoms. The molecule has 5 nitrogen and oxygen atoms in total. The minimum Gasteiger partial charge on any atom is -0.373 e. The van der Waals surface area contributed by atoms with Crippen molar-refractivity contribution in [2.45, 2.75) is 0 Å². The van der Waals surface area contributed by atoms with Crippen molar-refractivity contribution >= 4 is 11.5 Å². The summed E-state index contributed by atoms with van der Waals surface area (Å²) in [6.07, 6.45) is 0. The highest BCUT2D eigenvalue weighted by Crippen LogP contribution is 2.28. The summed E-state index contributed by atoms with van der Waals surface area (Å²) in [7, 11) is 1.73. The summed E-state index contributed by atoms with van der Waals surface area (Å²) < 4.78 is 0. The summed E-state index contributed by atoms with van der Waals surface area (Å²) in [4.78, 5) is 14.7. The summed E-state index contributed by atoms with van der Waals surface area (Å²) >= 11 is 0. The Labute approximate surface area is 98.3 Å². The zero-order chi connectivity index (χ0) is 12.3. The minimum atomic E-state index is -0.422. The van der Waals surface area contributed by atoms with E-state index in [1.807, 2.05) is 18.2 Å². The Morgan fingerprint density at radius 2 is 1.88 bits per heavy atom. The van der Waals surface area contributed by atoms with E-state index in [-0.39, 0.29) is 5.69 Å². The Kier molecular flexibility index (Phi) is 3.00. The molecule has 0 bridgehead atoms. The standard InChI is InChI=1S/C12H11N3O2/c1-13-11-8-7-10(15(16)17)12(14-11)9-5-3-2-4-6-9/h2-8H,1H3,(H,13,14). The lowest BCUT2D eigenvalue weighted by Crippen LogP contribution is -1.98. The van der Waals surface area contributed by atoms with Gasteiger partial charge in [-0.2, -0.15) is 0 Å². The van der Waals surface area contributed by atoms with Crippen LogP contribution >= 0.6 is 0 Å². The predicted octanol–water partition coefficient (Wildman–Crippen LogP) is 2.70. The van der Waals surface area contributed by atoms with Crippen LogP contribution in [0.1, 0.15) is 0 Å². The molecule has 0 atom stereocenters. The first-order chi connectivity index (χ1) is 8.22. The Hall–Kier alpha value is -2.43. The number of hydrogen-bond acceptors (Lipinski definition) is 4. The molecule has 5 heteroatoms. The van der Waals surface area contributed by atoms with Crippen molar-refractivity contribution < 1.29 is 4.92 Å². The summed E-state index contributed by atoms with van der Waals surface area (Å²) in [6.45, 7) is 0. The summed E-state index contributed by atoms with van der Waals surface area (Å²) in [6, 6.07) is 12.2. The maximum atomic E-state index is 10.9. The highest BCUT2D eigenvalue weighted by Gasteiger charge is 2.16. The van der Waals surface area contributed by atoms with Gasteiger partial charge in [0.25, 0.3) is 5.69 Å². The van der Waals surface area contributed by atoms with Crippen molar-refractivity contribution in [3.63, 3.8) is 0 Å². The maximum Gasteiger partial charge on any atom is 0.295 e. The van der Waals surface area contributed by atoms with E-state index in [0.717, 1.165) is 5.56 Å². The van der Waals surface area contributed by atoms with Crippen LogP contribution in [0.3, 0.4) is 0 Å². The molecule has 1 heterocycles. The first kappa shape index (κ1) is 11.1. The van der Waals surface area contributed by atoms with Gasteiger partial charge < -0.3 is 5.32 Å². The Morgan fingerprint density at radius 3 is 2.47 bits per heavy atom. The number of nitro groups is 1. The van der Waals surface area contributed by atoms with Gasteiger partial charge in [0.05, 0.1) is 4.92 Å². The number of benzene rings is 1. The lowest BCUT2D eigenvalue weighted by atomic mass is 10.1. The van der Waals surface area contributed by atoms with Gasteiger partial charge in [-0.05, 0) is 6.07 Å². The van der Waals surface area contributed by atoms with E-state index in [1.54, 1.807) is 25.2 Å². The average molecular weight is 229 g/mol. The lowest BCUT2D eigenvalue weighted by molar-refractivity contribution is -0.384. The van der Waals surface area contributed by atoms with E-state index in [0.29, 0.717) is 11.5 Å². The summed E-state index contributed by atoms with van der Waals surface area (Å²) in [5.74, 6) is 0.606. The van der Waals surface area contributed by atoms with Crippen molar-refractivity contribution in [3.8, 4) is 11.3 Å². The molecule has 1 aromatic carbocycles. The quantitative estimate of drug-likeness (QED) is 0.649. The molecule has 0 saturated heterocycles. The van der Waals surface area contributed by atoms with E-state index in [1.165, 1.54) is 6.07 Å². The molecule has 0 fully saturated rings. The third kappa shape index (κ3) is 2.23. The van der Waals surface area contributed by atoms with Gasteiger partial charge in [0, 0.05) is 18.7 Å². The predicted molar refractivity (Wildman–Crippen MR) is 65.9 cm³/mol. The molecular formula is C12H11N3O2. The van der Waals surface area contributed by atoms with E-state index in [4.69, 9.17) is 0 Å². The molecule has 0 aliphatic carbocycles. The van der Waals surface area contributed by atoms with Crippen LogP contribution < -0.4 is 5.32 Å². The second-order valence-electron chi connectivity index (χ2n) is 3.44. The number of aromatic nitrogens is 1. The van der Waals surface area contributed by atoms with Gasteiger partial charge in [-0.3, -0.25) is 10.1 Å². The molecule has 0 amide bonds. The van der Waals surface area contributed by atoms with Crippen molar-refractivity contribution in [2.75, 3.05) is 12.4 Å². The van der Waals surface area contributed by atoms with Gasteiger partial charge >= 0.3 is 0 Å². The minimum absolute atomic E-state index is 0.00944. The van der Waals surface area contributed by atoms with Crippen LogP contribution in [-0.4, -0.2) is 17.0 Å². The van der Waals surface area contributed by atoms with Gasteiger partial charge in [-0.15, -0.1) is 0 Å². The Bertz CT molecular complexity index is 541. The topological polar surface area (TPSA) is 68.1 Å². The molecular weight excluding hydrogens is 218 g/mol. The second kappa shape index (κ2) is 4.61. The molecule has 0 radical (unpaired) electrons. The van der Waals surface area contributed by atoms with Crippen LogP contribution in [0.4, 0.5) is 11.5 Å². The molecule has 0 saturated carbocycles. The number of pyridine rings is 1. The number of anilines is 1. The third-order valence-corrected chi connectivity index (χ3v) is 2.37. The highest BCUT2D eigenvalue weighted by atomic mass is 16.6. The third-order valence-electron chi connectivity index (χ3n) is 2.37. The number of nitrogens with one attached hydrogen (secondary N) is 1. The van der Waals surface area contributed by atoms with Crippen LogP contribution in [-0.2, 0) is 0 Å². The molecule has 2 aromatic rings. The van der Waals surface area contributed by atoms with Crippen molar-refractivity contribution in [2.24, 2.45) is 0 Å². The largest absolute Gasteiger partial charge is 0.373 e. The smallest absolute Gasteiger partial charge is 0.295 e. The van der Waals surface area contributed by atoms with E-state index < -0.39 is 4.92 Å². The Balaban J connectivity index is 2.61. The van der Waals surface area contributed by atoms with E-state index in [9.17, 15) is 10.1 Å². The van der Waals surface area contributed by atoms with Gasteiger partial charge in [0.15, 0.2) is 5.69 Å². The van der Waals surface area contributed by atoms with E-state index >= 15 is 0 Å². The van der Waals surface area contributed by atoms with Crippen molar-refractivity contribution in [1.29, 1.82) is 0 Å². The van der Waals surface area contributed by atoms with Gasteiger partial charge in [0.1, 0.15) is 5.82 Å². The zero-order valence-electron chi connectivity index (χ0n) is 9.25. The Morgan fingerprint density at radius 1 is 1.18 bits per heavy atom. The fraction of sp³-hybridized carbons (Fsp3) is 0.0833. The number of rotatable bonds is 3. The fourth-order valence-electron chi connectivity index (χ4n) is 1.55. The molecule has 86 valence electrons. The number of hydrogen-bond donors (Lipinski definition) is 1. The monoisotopic (exact) mass is 229 g/mol. The average Bonchev–Trinajstić information content (AvgIpc) is 2.39. The molecule has 1 N–H and O–H groups in total. The van der Waals surface area contributed by atoms with Crippen molar-refractivity contribution in [3.05, 3.63) is 52.6 Å². The SMILES string of the molecule is CNc1ccc([N+](=O)[O-])c(-c2ccccc2)n1. The van der Waals surface area contributed by atoms with Crippen LogP contribution in [0.2, 0.25) is 0 Å². The van der Waals surface area contributed by atoms with Crippen LogP contribution in [0.15, 0.2) is 42.5 Å². The van der Waals surface area contributed by atoms with Gasteiger partial charge in [-0.25, -0.2) is 4.98 Å².